The van der Waals surface area contributed by atoms with Gasteiger partial charge in [0, 0.05) is 18.7 Å². The van der Waals surface area contributed by atoms with E-state index in [1.54, 1.807) is 0 Å². The second-order valence-corrected chi connectivity index (χ2v) is 6.95. The van der Waals surface area contributed by atoms with Gasteiger partial charge in [0.2, 0.25) is 5.91 Å². The molecule has 1 aromatic carbocycles. The highest BCUT2D eigenvalue weighted by Gasteiger charge is 2.23. The van der Waals surface area contributed by atoms with E-state index < -0.39 is 0 Å². The summed E-state index contributed by atoms with van der Waals surface area (Å²) in [5.74, 6) is 2.59. The lowest BCUT2D eigenvalue weighted by molar-refractivity contribution is -0.122. The number of carbonyl (C=O) groups is 1. The number of furan rings is 1. The summed E-state index contributed by atoms with van der Waals surface area (Å²) >= 11 is 0. The van der Waals surface area contributed by atoms with E-state index in [1.165, 1.54) is 0 Å². The van der Waals surface area contributed by atoms with Crippen molar-refractivity contribution in [3.05, 3.63) is 53.5 Å². The molecule has 1 aliphatic rings. The van der Waals surface area contributed by atoms with Crippen LogP contribution in [-0.4, -0.2) is 30.0 Å². The normalized spacial score (nSPS) is 17.2. The number of nitrogens with zero attached hydrogens (tertiary/aromatic N) is 1. The SMILES string of the molecule is CCCCC1CN(CC(=O)NCc2ccc(C)o2)Cc2ccccc2O1. The Morgan fingerprint density at radius 1 is 1.27 bits per heavy atom. The highest BCUT2D eigenvalue weighted by Crippen LogP contribution is 2.26. The first-order valence-electron chi connectivity index (χ1n) is 9.43. The maximum atomic E-state index is 12.4. The van der Waals surface area contributed by atoms with E-state index in [1.807, 2.05) is 37.3 Å². The van der Waals surface area contributed by atoms with E-state index in [2.05, 4.69) is 23.2 Å². The molecule has 0 saturated heterocycles. The van der Waals surface area contributed by atoms with Crippen molar-refractivity contribution in [1.29, 1.82) is 0 Å². The van der Waals surface area contributed by atoms with Gasteiger partial charge in [0.05, 0.1) is 13.1 Å². The van der Waals surface area contributed by atoms with Crippen LogP contribution in [-0.2, 0) is 17.9 Å². The lowest BCUT2D eigenvalue weighted by Crippen LogP contribution is -2.40. The van der Waals surface area contributed by atoms with E-state index in [-0.39, 0.29) is 12.0 Å². The smallest absolute Gasteiger partial charge is 0.234 e. The minimum atomic E-state index is 0.00711. The summed E-state index contributed by atoms with van der Waals surface area (Å²) in [6.45, 7) is 6.36. The van der Waals surface area contributed by atoms with Gasteiger partial charge in [-0.25, -0.2) is 0 Å². The molecule has 1 unspecified atom stereocenters. The predicted octanol–water partition coefficient (Wildman–Crippen LogP) is 3.66. The van der Waals surface area contributed by atoms with Gasteiger partial charge in [-0.15, -0.1) is 0 Å². The molecule has 0 bridgehead atoms. The number of carbonyl (C=O) groups excluding carboxylic acids is 1. The monoisotopic (exact) mass is 356 g/mol. The van der Waals surface area contributed by atoms with Crippen molar-refractivity contribution < 1.29 is 13.9 Å². The first-order chi connectivity index (χ1) is 12.6. The summed E-state index contributed by atoms with van der Waals surface area (Å²) in [6.07, 6.45) is 3.41. The van der Waals surface area contributed by atoms with Crippen molar-refractivity contribution in [2.45, 2.75) is 52.3 Å². The highest BCUT2D eigenvalue weighted by molar-refractivity contribution is 5.78. The summed E-state index contributed by atoms with van der Waals surface area (Å²) in [7, 11) is 0. The van der Waals surface area contributed by atoms with Gasteiger partial charge >= 0.3 is 0 Å². The minimum Gasteiger partial charge on any atom is -0.489 e. The molecule has 0 fully saturated rings. The maximum absolute atomic E-state index is 12.4. The fraction of sp³-hybridized carbons (Fsp3) is 0.476. The number of rotatable bonds is 7. The number of fused-ring (bicyclic) bond motifs is 1. The number of hydrogen-bond donors (Lipinski definition) is 1. The molecule has 0 aliphatic carbocycles. The lowest BCUT2D eigenvalue weighted by Gasteiger charge is -2.23. The average molecular weight is 356 g/mol. The number of ether oxygens (including phenoxy) is 1. The van der Waals surface area contributed by atoms with Crippen molar-refractivity contribution in [1.82, 2.24) is 10.2 Å². The highest BCUT2D eigenvalue weighted by atomic mass is 16.5. The van der Waals surface area contributed by atoms with Crippen LogP contribution < -0.4 is 10.1 Å². The molecule has 5 heteroatoms. The number of unbranched alkanes of at least 4 members (excludes halogenated alkanes) is 1. The van der Waals surface area contributed by atoms with E-state index in [4.69, 9.17) is 9.15 Å². The van der Waals surface area contributed by atoms with Crippen LogP contribution in [0.2, 0.25) is 0 Å². The Balaban J connectivity index is 1.60. The van der Waals surface area contributed by atoms with Crippen LogP contribution >= 0.6 is 0 Å². The maximum Gasteiger partial charge on any atom is 0.234 e. The van der Waals surface area contributed by atoms with E-state index in [9.17, 15) is 4.79 Å². The van der Waals surface area contributed by atoms with Crippen LogP contribution in [0.5, 0.6) is 5.75 Å². The summed E-state index contributed by atoms with van der Waals surface area (Å²) in [6, 6.07) is 11.9. The van der Waals surface area contributed by atoms with Gasteiger partial charge < -0.3 is 14.5 Å². The second-order valence-electron chi connectivity index (χ2n) is 6.95. The number of hydrogen-bond acceptors (Lipinski definition) is 4. The Kier molecular flexibility index (Phi) is 6.34. The molecule has 0 spiro atoms. The van der Waals surface area contributed by atoms with E-state index in [0.717, 1.165) is 55.2 Å². The van der Waals surface area contributed by atoms with Crippen LogP contribution in [0, 0.1) is 6.92 Å². The summed E-state index contributed by atoms with van der Waals surface area (Å²) < 4.78 is 11.7. The van der Waals surface area contributed by atoms with Gasteiger partial charge in [-0.1, -0.05) is 31.5 Å². The van der Waals surface area contributed by atoms with Crippen LogP contribution in [0.1, 0.15) is 43.3 Å². The van der Waals surface area contributed by atoms with Gasteiger partial charge in [0.25, 0.3) is 0 Å². The van der Waals surface area contributed by atoms with Crippen LogP contribution in [0.3, 0.4) is 0 Å². The summed E-state index contributed by atoms with van der Waals surface area (Å²) in [5.41, 5.74) is 1.14. The Labute approximate surface area is 155 Å². The van der Waals surface area contributed by atoms with Gasteiger partial charge in [-0.3, -0.25) is 9.69 Å². The second kappa shape index (κ2) is 8.90. The predicted molar refractivity (Wildman–Crippen MR) is 101 cm³/mol. The molecule has 0 saturated carbocycles. The molecule has 26 heavy (non-hydrogen) atoms. The van der Waals surface area contributed by atoms with Crippen molar-refractivity contribution in [3.8, 4) is 5.75 Å². The number of amides is 1. The number of nitrogens with one attached hydrogen (secondary N) is 1. The van der Waals surface area contributed by atoms with E-state index >= 15 is 0 Å². The Bertz CT molecular complexity index is 726. The Hall–Kier alpha value is -2.27. The molecule has 1 atom stereocenters. The van der Waals surface area contributed by atoms with Crippen molar-refractivity contribution >= 4 is 5.91 Å². The minimum absolute atomic E-state index is 0.00711. The zero-order valence-electron chi connectivity index (χ0n) is 15.7. The lowest BCUT2D eigenvalue weighted by atomic mass is 10.1. The molecule has 1 aromatic heterocycles. The topological polar surface area (TPSA) is 54.7 Å². The zero-order chi connectivity index (χ0) is 18.4. The molecule has 0 radical (unpaired) electrons. The number of para-hydroxylation sites is 1. The van der Waals surface area contributed by atoms with Crippen LogP contribution in [0.4, 0.5) is 0 Å². The van der Waals surface area contributed by atoms with Gasteiger partial charge in [-0.05, 0) is 38.0 Å². The van der Waals surface area contributed by atoms with Crippen LogP contribution in [0.15, 0.2) is 40.8 Å². The third-order valence-electron chi connectivity index (χ3n) is 4.62. The molecular formula is C21H28N2O3. The van der Waals surface area contributed by atoms with Crippen LogP contribution in [0.25, 0.3) is 0 Å². The number of aryl methyl sites for hydroxylation is 1. The van der Waals surface area contributed by atoms with Crippen molar-refractivity contribution in [2.24, 2.45) is 0 Å². The van der Waals surface area contributed by atoms with Gasteiger partial charge in [0.1, 0.15) is 23.4 Å². The van der Waals surface area contributed by atoms with Gasteiger partial charge in [0.15, 0.2) is 0 Å². The fourth-order valence-corrected chi connectivity index (χ4v) is 3.29. The zero-order valence-corrected chi connectivity index (χ0v) is 15.7. The third-order valence-corrected chi connectivity index (χ3v) is 4.62. The third kappa shape index (κ3) is 5.11. The molecule has 1 aliphatic heterocycles. The molecule has 140 valence electrons. The molecular weight excluding hydrogens is 328 g/mol. The largest absolute Gasteiger partial charge is 0.489 e. The summed E-state index contributed by atoms with van der Waals surface area (Å²) in [5, 5.41) is 2.95. The quantitative estimate of drug-likeness (QED) is 0.823. The van der Waals surface area contributed by atoms with E-state index in [0.29, 0.717) is 13.1 Å². The molecule has 2 aromatic rings. The molecule has 5 nitrogen and oxygen atoms in total. The standard InChI is InChI=1S/C21H28N2O3/c1-3-4-8-19-14-23(13-17-7-5-6-9-20(17)26-19)15-21(24)22-12-18-11-10-16(2)25-18/h5-7,9-11,19H,3-4,8,12-15H2,1-2H3,(H,22,24). The molecule has 1 amide bonds. The van der Waals surface area contributed by atoms with Crippen molar-refractivity contribution in [2.75, 3.05) is 13.1 Å². The van der Waals surface area contributed by atoms with Gasteiger partial charge in [-0.2, -0.15) is 0 Å². The first-order valence-corrected chi connectivity index (χ1v) is 9.43. The first kappa shape index (κ1) is 18.5. The van der Waals surface area contributed by atoms with Crippen molar-refractivity contribution in [3.63, 3.8) is 0 Å². The Morgan fingerprint density at radius 3 is 2.88 bits per heavy atom. The molecule has 3 rings (SSSR count). The summed E-state index contributed by atoms with van der Waals surface area (Å²) in [4.78, 5) is 14.6. The fourth-order valence-electron chi connectivity index (χ4n) is 3.29. The average Bonchev–Trinajstić information content (AvgIpc) is 2.96. The number of benzene rings is 1. The Morgan fingerprint density at radius 2 is 2.12 bits per heavy atom. The molecule has 2 heterocycles. The molecule has 1 N–H and O–H groups in total.